The van der Waals surface area contributed by atoms with E-state index < -0.39 is 0 Å². The molecule has 2 N–H and O–H groups in total. The van der Waals surface area contributed by atoms with E-state index in [4.69, 9.17) is 9.47 Å². The second-order valence-electron chi connectivity index (χ2n) is 5.33. The van der Waals surface area contributed by atoms with Crippen LogP contribution >= 0.6 is 0 Å². The van der Waals surface area contributed by atoms with Gasteiger partial charge in [-0.05, 0) is 24.3 Å². The summed E-state index contributed by atoms with van der Waals surface area (Å²) in [4.78, 5) is 19.8. The molecule has 0 atom stereocenters. The monoisotopic (exact) mass is 338 g/mol. The van der Waals surface area contributed by atoms with Crippen molar-refractivity contribution < 1.29 is 14.3 Å². The van der Waals surface area contributed by atoms with Crippen molar-refractivity contribution in [1.29, 1.82) is 0 Å². The highest BCUT2D eigenvalue weighted by Gasteiger charge is 2.11. The highest BCUT2D eigenvalue weighted by atomic mass is 16.5. The number of hydrogen-bond acceptors (Lipinski definition) is 6. The summed E-state index contributed by atoms with van der Waals surface area (Å²) in [5.41, 5.74) is 2.23. The predicted molar refractivity (Wildman–Crippen MR) is 96.7 cm³/mol. The Bertz CT molecular complexity index is 927. The lowest BCUT2D eigenvalue weighted by Crippen LogP contribution is -2.06. The maximum absolute atomic E-state index is 11.2. The molecule has 2 aromatic carbocycles. The number of nitrogens with one attached hydrogen (secondary N) is 2. The Morgan fingerprint density at radius 2 is 1.72 bits per heavy atom. The van der Waals surface area contributed by atoms with E-state index in [1.807, 2.05) is 30.3 Å². The number of rotatable bonds is 5. The van der Waals surface area contributed by atoms with Crippen LogP contribution in [0.25, 0.3) is 10.9 Å². The molecule has 3 rings (SSSR count). The first-order valence-corrected chi connectivity index (χ1v) is 7.62. The zero-order valence-electron chi connectivity index (χ0n) is 14.2. The summed E-state index contributed by atoms with van der Waals surface area (Å²) in [6.45, 7) is 1.47. The summed E-state index contributed by atoms with van der Waals surface area (Å²) < 4.78 is 10.7. The summed E-state index contributed by atoms with van der Waals surface area (Å²) in [7, 11) is 3.16. The van der Waals surface area contributed by atoms with Crippen LogP contribution in [0, 0.1) is 0 Å². The Balaban J connectivity index is 2.00. The average molecular weight is 338 g/mol. The Hall–Kier alpha value is -3.35. The number of methoxy groups -OCH3 is 2. The SMILES string of the molecule is COc1cc2ncnc(Nc3cccc(NC(C)=O)c3)c2cc1OC. The van der Waals surface area contributed by atoms with Gasteiger partial charge in [0.15, 0.2) is 11.5 Å². The van der Waals surface area contributed by atoms with E-state index in [2.05, 4.69) is 20.6 Å². The number of ether oxygens (including phenoxy) is 2. The van der Waals surface area contributed by atoms with Crippen molar-refractivity contribution in [1.82, 2.24) is 9.97 Å². The second-order valence-corrected chi connectivity index (χ2v) is 5.33. The van der Waals surface area contributed by atoms with Crippen LogP contribution in [0.3, 0.4) is 0 Å². The standard InChI is InChI=1S/C18H18N4O3/c1-11(23)21-12-5-4-6-13(7-12)22-18-14-8-16(24-2)17(25-3)9-15(14)19-10-20-18/h4-10H,1-3H3,(H,21,23)(H,19,20,22). The molecule has 0 aliphatic heterocycles. The first-order chi connectivity index (χ1) is 12.1. The van der Waals surface area contributed by atoms with Gasteiger partial charge in [0.1, 0.15) is 12.1 Å². The van der Waals surface area contributed by atoms with Crippen LogP contribution in [0.1, 0.15) is 6.92 Å². The first-order valence-electron chi connectivity index (χ1n) is 7.62. The van der Waals surface area contributed by atoms with E-state index in [0.29, 0.717) is 23.0 Å². The maximum Gasteiger partial charge on any atom is 0.221 e. The largest absolute Gasteiger partial charge is 0.493 e. The highest BCUT2D eigenvalue weighted by molar-refractivity contribution is 5.93. The van der Waals surface area contributed by atoms with Crippen LogP contribution in [0.4, 0.5) is 17.2 Å². The molecule has 25 heavy (non-hydrogen) atoms. The van der Waals surface area contributed by atoms with Crippen LogP contribution in [-0.2, 0) is 4.79 Å². The molecule has 7 heteroatoms. The predicted octanol–water partition coefficient (Wildman–Crippen LogP) is 3.35. The second kappa shape index (κ2) is 7.04. The number of carbonyl (C=O) groups is 1. The van der Waals surface area contributed by atoms with Crippen LogP contribution in [0.2, 0.25) is 0 Å². The van der Waals surface area contributed by atoms with E-state index in [9.17, 15) is 4.79 Å². The lowest BCUT2D eigenvalue weighted by atomic mass is 10.2. The van der Waals surface area contributed by atoms with Gasteiger partial charge in [0.2, 0.25) is 5.91 Å². The van der Waals surface area contributed by atoms with Crippen LogP contribution in [0.5, 0.6) is 11.5 Å². The summed E-state index contributed by atoms with van der Waals surface area (Å²) in [5, 5.41) is 6.80. The molecule has 0 fully saturated rings. The molecule has 0 aliphatic rings. The van der Waals surface area contributed by atoms with Gasteiger partial charge >= 0.3 is 0 Å². The Kier molecular flexibility index (Phi) is 4.65. The fourth-order valence-electron chi connectivity index (χ4n) is 2.50. The van der Waals surface area contributed by atoms with E-state index in [-0.39, 0.29) is 5.91 Å². The summed E-state index contributed by atoms with van der Waals surface area (Å²) in [6, 6.07) is 11.0. The Morgan fingerprint density at radius 1 is 1.00 bits per heavy atom. The number of benzene rings is 2. The van der Waals surface area contributed by atoms with Gasteiger partial charge in [-0.25, -0.2) is 9.97 Å². The van der Waals surface area contributed by atoms with Crippen LogP contribution in [-0.4, -0.2) is 30.1 Å². The molecule has 1 aromatic heterocycles. The number of aromatic nitrogens is 2. The van der Waals surface area contributed by atoms with Crippen molar-refractivity contribution >= 4 is 34.0 Å². The van der Waals surface area contributed by atoms with Crippen molar-refractivity contribution in [3.63, 3.8) is 0 Å². The van der Waals surface area contributed by atoms with Gasteiger partial charge in [-0.15, -0.1) is 0 Å². The first kappa shape index (κ1) is 16.5. The van der Waals surface area contributed by atoms with Gasteiger partial charge in [-0.2, -0.15) is 0 Å². The molecule has 0 saturated heterocycles. The van der Waals surface area contributed by atoms with Gasteiger partial charge in [0.25, 0.3) is 0 Å². The molecular formula is C18H18N4O3. The van der Waals surface area contributed by atoms with Crippen molar-refractivity contribution in [2.24, 2.45) is 0 Å². The van der Waals surface area contributed by atoms with Crippen molar-refractivity contribution in [3.05, 3.63) is 42.7 Å². The topological polar surface area (TPSA) is 85.4 Å². The Morgan fingerprint density at radius 3 is 2.44 bits per heavy atom. The lowest BCUT2D eigenvalue weighted by molar-refractivity contribution is -0.114. The number of hydrogen-bond donors (Lipinski definition) is 2. The zero-order valence-corrected chi connectivity index (χ0v) is 14.2. The average Bonchev–Trinajstić information content (AvgIpc) is 2.60. The molecule has 0 spiro atoms. The fourth-order valence-corrected chi connectivity index (χ4v) is 2.50. The molecule has 128 valence electrons. The quantitative estimate of drug-likeness (QED) is 0.742. The molecule has 3 aromatic rings. The molecular weight excluding hydrogens is 320 g/mol. The number of amides is 1. The van der Waals surface area contributed by atoms with E-state index >= 15 is 0 Å². The lowest BCUT2D eigenvalue weighted by Gasteiger charge is -2.12. The summed E-state index contributed by atoms with van der Waals surface area (Å²) >= 11 is 0. The minimum absolute atomic E-state index is 0.124. The smallest absolute Gasteiger partial charge is 0.221 e. The third-order valence-electron chi connectivity index (χ3n) is 3.59. The number of nitrogens with zero attached hydrogens (tertiary/aromatic N) is 2. The third kappa shape index (κ3) is 3.60. The van der Waals surface area contributed by atoms with Gasteiger partial charge in [0, 0.05) is 29.8 Å². The third-order valence-corrected chi connectivity index (χ3v) is 3.59. The summed E-state index contributed by atoms with van der Waals surface area (Å²) in [5.74, 6) is 1.71. The highest BCUT2D eigenvalue weighted by Crippen LogP contribution is 2.34. The van der Waals surface area contributed by atoms with Crippen molar-refractivity contribution in [3.8, 4) is 11.5 Å². The molecule has 0 bridgehead atoms. The molecule has 0 saturated carbocycles. The van der Waals surface area contributed by atoms with Gasteiger partial charge in [-0.1, -0.05) is 6.07 Å². The number of fused-ring (bicyclic) bond motifs is 1. The van der Waals surface area contributed by atoms with Gasteiger partial charge in [0.05, 0.1) is 19.7 Å². The Labute approximate surface area is 145 Å². The van der Waals surface area contributed by atoms with Crippen LogP contribution < -0.4 is 20.1 Å². The van der Waals surface area contributed by atoms with E-state index in [1.165, 1.54) is 13.3 Å². The van der Waals surface area contributed by atoms with E-state index in [0.717, 1.165) is 16.6 Å². The molecule has 7 nitrogen and oxygen atoms in total. The number of carbonyl (C=O) groups excluding carboxylic acids is 1. The van der Waals surface area contributed by atoms with Crippen molar-refractivity contribution in [2.45, 2.75) is 6.92 Å². The maximum atomic E-state index is 11.2. The minimum atomic E-state index is -0.124. The minimum Gasteiger partial charge on any atom is -0.493 e. The molecule has 0 unspecified atom stereocenters. The van der Waals surface area contributed by atoms with E-state index in [1.54, 1.807) is 20.3 Å². The molecule has 0 aliphatic carbocycles. The molecule has 1 heterocycles. The van der Waals surface area contributed by atoms with Gasteiger partial charge in [-0.3, -0.25) is 4.79 Å². The molecule has 0 radical (unpaired) electrons. The van der Waals surface area contributed by atoms with Crippen LogP contribution in [0.15, 0.2) is 42.7 Å². The van der Waals surface area contributed by atoms with Crippen molar-refractivity contribution in [2.75, 3.05) is 24.9 Å². The number of anilines is 3. The zero-order chi connectivity index (χ0) is 17.8. The van der Waals surface area contributed by atoms with Gasteiger partial charge < -0.3 is 20.1 Å². The fraction of sp³-hybridized carbons (Fsp3) is 0.167. The molecule has 1 amide bonds. The summed E-state index contributed by atoms with van der Waals surface area (Å²) in [6.07, 6.45) is 1.48. The normalized spacial score (nSPS) is 10.4.